The third kappa shape index (κ3) is 3.95. The Kier molecular flexibility index (Phi) is 6.05. The molecule has 3 heteroatoms. The van der Waals surface area contributed by atoms with Crippen molar-refractivity contribution in [1.82, 2.24) is 0 Å². The van der Waals surface area contributed by atoms with E-state index in [2.05, 4.69) is 55.8 Å². The molecule has 1 aromatic rings. The fourth-order valence-electron chi connectivity index (χ4n) is 6.55. The molecule has 0 aromatic heterocycles. The smallest absolute Gasteiger partial charge is 0.338 e. The van der Waals surface area contributed by atoms with Crippen molar-refractivity contribution in [3.8, 4) is 0 Å². The molecule has 1 aromatic carbocycles. The Morgan fingerprint density at radius 1 is 1.20 bits per heavy atom. The minimum atomic E-state index is -0.204. The van der Waals surface area contributed by atoms with E-state index in [4.69, 9.17) is 4.74 Å². The molecule has 1 fully saturated rings. The molecular formula is C27H35BrO2. The zero-order valence-electron chi connectivity index (χ0n) is 18.8. The van der Waals surface area contributed by atoms with Crippen molar-refractivity contribution in [1.29, 1.82) is 0 Å². The van der Waals surface area contributed by atoms with Gasteiger partial charge in [-0.25, -0.2) is 4.79 Å². The van der Waals surface area contributed by atoms with Crippen molar-refractivity contribution in [2.75, 3.05) is 6.61 Å². The van der Waals surface area contributed by atoms with Crippen molar-refractivity contribution in [3.63, 3.8) is 0 Å². The Morgan fingerprint density at radius 3 is 2.63 bits per heavy atom. The first kappa shape index (κ1) is 21.9. The minimum absolute atomic E-state index is 0.0437. The highest BCUT2D eigenvalue weighted by atomic mass is 79.9. The second-order valence-electron chi connectivity index (χ2n) is 10.6. The molecular weight excluding hydrogens is 436 g/mol. The van der Waals surface area contributed by atoms with Gasteiger partial charge < -0.3 is 4.74 Å². The van der Waals surface area contributed by atoms with E-state index in [9.17, 15) is 4.79 Å². The van der Waals surface area contributed by atoms with Crippen LogP contribution in [0.1, 0.15) is 76.6 Å². The van der Waals surface area contributed by atoms with Crippen LogP contribution in [0.2, 0.25) is 0 Å². The van der Waals surface area contributed by atoms with Gasteiger partial charge in [-0.15, -0.1) is 0 Å². The standard InChI is InChI=1S/C27H35BrO2/c1-18(2)20-8-12-23-21(16-20)9-13-24-26(3,14-5-15-27(23,24)4)17-30-25(29)19-6-10-22(28)11-7-19/h6-7,9-11,16,18,23-24H,5,8,12-15,17H2,1-4H3/t23-,24-,26-,27+/m0/s1. The Hall–Kier alpha value is -1.35. The Morgan fingerprint density at radius 2 is 1.93 bits per heavy atom. The number of benzene rings is 1. The lowest BCUT2D eigenvalue weighted by Gasteiger charge is -2.58. The summed E-state index contributed by atoms with van der Waals surface area (Å²) < 4.78 is 6.88. The van der Waals surface area contributed by atoms with Gasteiger partial charge in [-0.2, -0.15) is 0 Å². The normalized spacial score (nSPS) is 33.3. The summed E-state index contributed by atoms with van der Waals surface area (Å²) in [6.07, 6.45) is 12.3. The van der Waals surface area contributed by atoms with E-state index in [-0.39, 0.29) is 11.4 Å². The summed E-state index contributed by atoms with van der Waals surface area (Å²) in [6, 6.07) is 7.45. The van der Waals surface area contributed by atoms with Gasteiger partial charge in [0, 0.05) is 9.89 Å². The Bertz CT molecular complexity index is 865. The highest BCUT2D eigenvalue weighted by molar-refractivity contribution is 9.10. The summed E-state index contributed by atoms with van der Waals surface area (Å²) in [4.78, 5) is 12.7. The molecule has 4 atom stereocenters. The maximum Gasteiger partial charge on any atom is 0.338 e. The number of esters is 1. The highest BCUT2D eigenvalue weighted by Gasteiger charge is 2.54. The maximum absolute atomic E-state index is 12.7. The number of hydrogen-bond acceptors (Lipinski definition) is 2. The van der Waals surface area contributed by atoms with Crippen LogP contribution >= 0.6 is 15.9 Å². The molecule has 3 aliphatic carbocycles. The van der Waals surface area contributed by atoms with Crippen LogP contribution in [0.4, 0.5) is 0 Å². The largest absolute Gasteiger partial charge is 0.462 e. The first-order valence-electron chi connectivity index (χ1n) is 11.6. The fraction of sp³-hybridized carbons (Fsp3) is 0.593. The third-order valence-corrected chi connectivity index (χ3v) is 8.85. The molecule has 0 bridgehead atoms. The third-order valence-electron chi connectivity index (χ3n) is 8.32. The van der Waals surface area contributed by atoms with Crippen molar-refractivity contribution < 1.29 is 9.53 Å². The van der Waals surface area contributed by atoms with Gasteiger partial charge in [-0.3, -0.25) is 0 Å². The van der Waals surface area contributed by atoms with Gasteiger partial charge in [0.1, 0.15) is 0 Å². The summed E-state index contributed by atoms with van der Waals surface area (Å²) in [5, 5.41) is 0. The van der Waals surface area contributed by atoms with Crippen LogP contribution < -0.4 is 0 Å². The Balaban J connectivity index is 1.53. The predicted molar refractivity (Wildman–Crippen MR) is 126 cm³/mol. The zero-order valence-corrected chi connectivity index (χ0v) is 20.4. The van der Waals surface area contributed by atoms with Crippen LogP contribution in [0, 0.1) is 28.6 Å². The van der Waals surface area contributed by atoms with Gasteiger partial charge in [-0.1, -0.05) is 67.8 Å². The summed E-state index contributed by atoms with van der Waals surface area (Å²) in [7, 11) is 0. The number of carbonyl (C=O) groups excluding carboxylic acids is 1. The van der Waals surface area contributed by atoms with E-state index in [1.165, 1.54) is 25.7 Å². The monoisotopic (exact) mass is 470 g/mol. The average molecular weight is 471 g/mol. The molecule has 0 aliphatic heterocycles. The summed E-state index contributed by atoms with van der Waals surface area (Å²) in [5.74, 6) is 1.66. The molecule has 0 unspecified atom stereocenters. The van der Waals surface area contributed by atoms with Gasteiger partial charge in [0.15, 0.2) is 0 Å². The lowest BCUT2D eigenvalue weighted by atomic mass is 9.47. The van der Waals surface area contributed by atoms with Crippen LogP contribution in [0.25, 0.3) is 0 Å². The SMILES string of the molecule is CC(C)C1=CC2=CC[C@H]3[C@](C)(COC(=O)c4ccc(Br)cc4)CCC[C@]3(C)[C@H]2CC1. The number of rotatable bonds is 4. The van der Waals surface area contributed by atoms with Crippen molar-refractivity contribution in [3.05, 3.63) is 57.6 Å². The van der Waals surface area contributed by atoms with E-state index in [0.29, 0.717) is 35.3 Å². The van der Waals surface area contributed by atoms with E-state index in [0.717, 1.165) is 17.3 Å². The van der Waals surface area contributed by atoms with Crippen molar-refractivity contribution in [2.24, 2.45) is 28.6 Å². The summed E-state index contributed by atoms with van der Waals surface area (Å²) in [5.41, 5.74) is 4.17. The van der Waals surface area contributed by atoms with E-state index < -0.39 is 0 Å². The summed E-state index contributed by atoms with van der Waals surface area (Å²) in [6.45, 7) is 10.0. The molecule has 0 saturated heterocycles. The number of hydrogen-bond donors (Lipinski definition) is 0. The molecule has 0 amide bonds. The molecule has 162 valence electrons. The van der Waals surface area contributed by atoms with Gasteiger partial charge >= 0.3 is 5.97 Å². The fourth-order valence-corrected chi connectivity index (χ4v) is 6.81. The van der Waals surface area contributed by atoms with Crippen LogP contribution in [-0.2, 0) is 4.74 Å². The topological polar surface area (TPSA) is 26.3 Å². The lowest BCUT2D eigenvalue weighted by Crippen LogP contribution is -2.51. The number of allylic oxidation sites excluding steroid dienone is 4. The average Bonchev–Trinajstić information content (AvgIpc) is 2.72. The van der Waals surface area contributed by atoms with E-state index >= 15 is 0 Å². The van der Waals surface area contributed by atoms with Crippen LogP contribution in [0.15, 0.2) is 52.0 Å². The molecule has 30 heavy (non-hydrogen) atoms. The summed E-state index contributed by atoms with van der Waals surface area (Å²) >= 11 is 3.43. The second kappa shape index (κ2) is 8.30. The molecule has 2 nitrogen and oxygen atoms in total. The van der Waals surface area contributed by atoms with E-state index in [1.807, 2.05) is 24.3 Å². The number of carbonyl (C=O) groups is 1. The van der Waals surface area contributed by atoms with Gasteiger partial charge in [0.05, 0.1) is 12.2 Å². The maximum atomic E-state index is 12.7. The second-order valence-corrected chi connectivity index (χ2v) is 11.5. The Labute approximate surface area is 190 Å². The molecule has 4 rings (SSSR count). The predicted octanol–water partition coefficient (Wildman–Crippen LogP) is 7.74. The highest BCUT2D eigenvalue weighted by Crippen LogP contribution is 2.62. The van der Waals surface area contributed by atoms with E-state index in [1.54, 1.807) is 11.1 Å². The van der Waals surface area contributed by atoms with Crippen LogP contribution in [0.5, 0.6) is 0 Å². The van der Waals surface area contributed by atoms with Crippen molar-refractivity contribution in [2.45, 2.75) is 66.2 Å². The van der Waals surface area contributed by atoms with Crippen LogP contribution in [-0.4, -0.2) is 12.6 Å². The first-order valence-corrected chi connectivity index (χ1v) is 12.4. The zero-order chi connectivity index (χ0) is 21.5. The lowest BCUT2D eigenvalue weighted by molar-refractivity contribution is -0.0787. The molecule has 0 spiro atoms. The number of halogens is 1. The molecule has 0 N–H and O–H groups in total. The number of fused-ring (bicyclic) bond motifs is 3. The van der Waals surface area contributed by atoms with Crippen LogP contribution in [0.3, 0.4) is 0 Å². The molecule has 0 radical (unpaired) electrons. The molecule has 1 saturated carbocycles. The molecule has 3 aliphatic rings. The first-order chi connectivity index (χ1) is 14.2. The van der Waals surface area contributed by atoms with Crippen molar-refractivity contribution >= 4 is 21.9 Å². The number of ether oxygens (including phenoxy) is 1. The quantitative estimate of drug-likeness (QED) is 0.420. The van der Waals surface area contributed by atoms with Gasteiger partial charge in [0.2, 0.25) is 0 Å². The van der Waals surface area contributed by atoms with Gasteiger partial charge in [0.25, 0.3) is 0 Å². The molecule has 0 heterocycles. The minimum Gasteiger partial charge on any atom is -0.462 e. The van der Waals surface area contributed by atoms with Gasteiger partial charge in [-0.05, 0) is 85.1 Å².